The van der Waals surface area contributed by atoms with Gasteiger partial charge >= 0.3 is 0 Å². The first-order valence-corrected chi connectivity index (χ1v) is 8.75. The Morgan fingerprint density at radius 1 is 1.32 bits per heavy atom. The summed E-state index contributed by atoms with van der Waals surface area (Å²) in [4.78, 5) is 15.2. The van der Waals surface area contributed by atoms with Crippen molar-refractivity contribution < 1.29 is 22.8 Å². The summed E-state index contributed by atoms with van der Waals surface area (Å²) >= 11 is 0. The molecule has 9 heteroatoms. The first kappa shape index (κ1) is 17.1. The lowest BCUT2D eigenvalue weighted by atomic mass is 10.1. The maximum atomic E-state index is 13.0. The van der Waals surface area contributed by atoms with Gasteiger partial charge in [-0.05, 0) is 54.0 Å². The molecule has 0 aliphatic carbocycles. The fourth-order valence-corrected chi connectivity index (χ4v) is 3.98. The molecule has 0 unspecified atom stereocenters. The molecule has 1 aliphatic heterocycles. The molecule has 0 spiro atoms. The van der Waals surface area contributed by atoms with Gasteiger partial charge in [-0.2, -0.15) is 0 Å². The number of amides is 1. The summed E-state index contributed by atoms with van der Waals surface area (Å²) < 4.78 is 39.6. The number of benzene rings is 1. The van der Waals surface area contributed by atoms with Gasteiger partial charge in [0.1, 0.15) is 11.6 Å². The van der Waals surface area contributed by atoms with Crippen LogP contribution in [-0.4, -0.2) is 31.1 Å². The number of anilines is 1. The number of rotatable bonds is 4. The molecule has 0 fully saturated rings. The van der Waals surface area contributed by atoms with Crippen LogP contribution in [0.2, 0.25) is 0 Å². The maximum Gasteiger partial charge on any atom is 0.267 e. The van der Waals surface area contributed by atoms with Crippen molar-refractivity contribution in [1.29, 1.82) is 0 Å². The smallest absolute Gasteiger partial charge is 0.267 e. The summed E-state index contributed by atoms with van der Waals surface area (Å²) in [6, 6.07) is 6.35. The SMILES string of the molecule is O=C(C=Cc1cnc2c(c1)CCN2S(=O)(=O)c1ccc(F)cc1)NO. The summed E-state index contributed by atoms with van der Waals surface area (Å²) in [5, 5.41) is 8.45. The van der Waals surface area contributed by atoms with Crippen LogP contribution < -0.4 is 9.79 Å². The molecule has 0 saturated carbocycles. The predicted octanol–water partition coefficient (Wildman–Crippen LogP) is 1.49. The third kappa shape index (κ3) is 3.37. The average Bonchev–Trinajstić information content (AvgIpc) is 3.04. The van der Waals surface area contributed by atoms with E-state index in [1.165, 1.54) is 34.2 Å². The molecule has 2 heterocycles. The number of carbonyl (C=O) groups is 1. The molecule has 1 amide bonds. The molecule has 1 aromatic heterocycles. The number of nitrogens with one attached hydrogen (secondary N) is 1. The van der Waals surface area contributed by atoms with Gasteiger partial charge in [0.25, 0.3) is 15.9 Å². The van der Waals surface area contributed by atoms with E-state index >= 15 is 0 Å². The topological polar surface area (TPSA) is 99.6 Å². The minimum absolute atomic E-state index is 0.00728. The lowest BCUT2D eigenvalue weighted by Crippen LogP contribution is -2.29. The van der Waals surface area contributed by atoms with E-state index in [0.717, 1.165) is 23.8 Å². The van der Waals surface area contributed by atoms with Gasteiger partial charge in [-0.25, -0.2) is 27.6 Å². The minimum Gasteiger partial charge on any atom is -0.288 e. The van der Waals surface area contributed by atoms with E-state index in [4.69, 9.17) is 5.21 Å². The number of nitrogens with zero attached hydrogens (tertiary/aromatic N) is 2. The fraction of sp³-hybridized carbons (Fsp3) is 0.125. The van der Waals surface area contributed by atoms with E-state index in [0.29, 0.717) is 17.8 Å². The largest absolute Gasteiger partial charge is 0.288 e. The molecule has 2 aromatic rings. The Hall–Kier alpha value is -2.78. The molecule has 1 aromatic carbocycles. The first-order valence-electron chi connectivity index (χ1n) is 7.31. The maximum absolute atomic E-state index is 13.0. The van der Waals surface area contributed by atoms with E-state index in [9.17, 15) is 17.6 Å². The fourth-order valence-electron chi connectivity index (χ4n) is 2.53. The highest BCUT2D eigenvalue weighted by molar-refractivity contribution is 7.92. The number of sulfonamides is 1. The van der Waals surface area contributed by atoms with Crippen molar-refractivity contribution in [1.82, 2.24) is 10.5 Å². The van der Waals surface area contributed by atoms with Crippen LogP contribution in [0.3, 0.4) is 0 Å². The van der Waals surface area contributed by atoms with Gasteiger partial charge in [0.2, 0.25) is 0 Å². The van der Waals surface area contributed by atoms with Gasteiger partial charge in [-0.3, -0.25) is 10.0 Å². The summed E-state index contributed by atoms with van der Waals surface area (Å²) in [5.74, 6) is -0.878. The van der Waals surface area contributed by atoms with Gasteiger partial charge in [0, 0.05) is 18.8 Å². The molecule has 2 N–H and O–H groups in total. The molecule has 0 atom stereocenters. The molecule has 0 radical (unpaired) electrons. The van der Waals surface area contributed by atoms with Crippen LogP contribution in [0.5, 0.6) is 0 Å². The van der Waals surface area contributed by atoms with E-state index < -0.39 is 21.7 Å². The molecule has 1 aliphatic rings. The van der Waals surface area contributed by atoms with Crippen LogP contribution >= 0.6 is 0 Å². The van der Waals surface area contributed by atoms with Crippen molar-refractivity contribution in [2.24, 2.45) is 0 Å². The van der Waals surface area contributed by atoms with Gasteiger partial charge in [0.15, 0.2) is 0 Å². The quantitative estimate of drug-likeness (QED) is 0.487. The van der Waals surface area contributed by atoms with Crippen molar-refractivity contribution in [3.05, 3.63) is 59.5 Å². The van der Waals surface area contributed by atoms with Crippen LogP contribution in [0, 0.1) is 5.82 Å². The first-order chi connectivity index (χ1) is 11.9. The number of fused-ring (bicyclic) bond motifs is 1. The second kappa shape index (κ2) is 6.61. The molecule has 25 heavy (non-hydrogen) atoms. The molecule has 3 rings (SSSR count). The van der Waals surface area contributed by atoms with Gasteiger partial charge < -0.3 is 0 Å². The molecule has 7 nitrogen and oxygen atoms in total. The van der Waals surface area contributed by atoms with Gasteiger partial charge in [-0.15, -0.1) is 0 Å². The standard InChI is InChI=1S/C16H14FN3O4S/c17-13-2-4-14(5-3-13)25(23,24)20-8-7-12-9-11(10-18-16(12)20)1-6-15(21)19-22/h1-6,9-10,22H,7-8H2,(H,19,21). The van der Waals surface area contributed by atoms with E-state index in [-0.39, 0.29) is 11.4 Å². The zero-order valence-corrected chi connectivity index (χ0v) is 13.7. The molecular weight excluding hydrogens is 349 g/mol. The van der Waals surface area contributed by atoms with Crippen molar-refractivity contribution >= 4 is 27.8 Å². The lowest BCUT2D eigenvalue weighted by Gasteiger charge is -2.18. The zero-order valence-electron chi connectivity index (χ0n) is 12.9. The number of aromatic nitrogens is 1. The zero-order chi connectivity index (χ0) is 18.0. The van der Waals surface area contributed by atoms with Crippen LogP contribution in [0.25, 0.3) is 6.08 Å². The van der Waals surface area contributed by atoms with Crippen LogP contribution in [0.4, 0.5) is 10.2 Å². The number of hydrogen-bond acceptors (Lipinski definition) is 5. The summed E-state index contributed by atoms with van der Waals surface area (Å²) in [7, 11) is -3.82. The van der Waals surface area contributed by atoms with Crippen molar-refractivity contribution in [2.75, 3.05) is 10.8 Å². The van der Waals surface area contributed by atoms with Gasteiger partial charge in [-0.1, -0.05) is 0 Å². The Bertz CT molecular complexity index is 942. The highest BCUT2D eigenvalue weighted by Gasteiger charge is 2.32. The predicted molar refractivity (Wildman–Crippen MR) is 87.8 cm³/mol. The van der Waals surface area contributed by atoms with Gasteiger partial charge in [0.05, 0.1) is 4.90 Å². The number of pyridine rings is 1. The van der Waals surface area contributed by atoms with E-state index in [1.807, 2.05) is 0 Å². The van der Waals surface area contributed by atoms with Crippen molar-refractivity contribution in [3.63, 3.8) is 0 Å². The Morgan fingerprint density at radius 3 is 2.72 bits per heavy atom. The molecule has 0 bridgehead atoms. The third-order valence-electron chi connectivity index (χ3n) is 3.72. The third-order valence-corrected chi connectivity index (χ3v) is 5.53. The average molecular weight is 363 g/mol. The number of carbonyl (C=O) groups excluding carboxylic acids is 1. The highest BCUT2D eigenvalue weighted by atomic mass is 32.2. The van der Waals surface area contributed by atoms with Crippen LogP contribution in [0.15, 0.2) is 47.5 Å². The Balaban J connectivity index is 1.90. The number of hydrogen-bond donors (Lipinski definition) is 2. The van der Waals surface area contributed by atoms with Crippen LogP contribution in [-0.2, 0) is 21.2 Å². The Morgan fingerprint density at radius 2 is 2.04 bits per heavy atom. The number of halogens is 1. The van der Waals surface area contributed by atoms with E-state index in [2.05, 4.69) is 4.98 Å². The number of hydroxylamine groups is 1. The minimum atomic E-state index is -3.82. The second-order valence-corrected chi connectivity index (χ2v) is 7.20. The Labute approximate surface area is 143 Å². The second-order valence-electron chi connectivity index (χ2n) is 5.34. The van der Waals surface area contributed by atoms with Crippen molar-refractivity contribution in [3.8, 4) is 0 Å². The molecule has 130 valence electrons. The van der Waals surface area contributed by atoms with E-state index in [1.54, 1.807) is 6.07 Å². The summed E-state index contributed by atoms with van der Waals surface area (Å²) in [6.07, 6.45) is 4.48. The monoisotopic (exact) mass is 363 g/mol. The summed E-state index contributed by atoms with van der Waals surface area (Å²) in [5.41, 5.74) is 2.80. The Kier molecular flexibility index (Phi) is 4.51. The van der Waals surface area contributed by atoms with Crippen LogP contribution in [0.1, 0.15) is 11.1 Å². The normalized spacial score (nSPS) is 13.9. The molecule has 0 saturated heterocycles. The summed E-state index contributed by atoms with van der Waals surface area (Å²) in [6.45, 7) is 0.229. The molecular formula is C16H14FN3O4S. The van der Waals surface area contributed by atoms with Crippen molar-refractivity contribution in [2.45, 2.75) is 11.3 Å². The highest BCUT2D eigenvalue weighted by Crippen LogP contribution is 2.31. The lowest BCUT2D eigenvalue weighted by molar-refractivity contribution is -0.124.